The minimum Gasteiger partial charge on any atom is -0.291 e. The summed E-state index contributed by atoms with van der Waals surface area (Å²) in [6.07, 6.45) is 0. The topological polar surface area (TPSA) is 81.8 Å². The highest BCUT2D eigenvalue weighted by molar-refractivity contribution is 5.69. The molecule has 0 unspecified atom stereocenters. The van der Waals surface area contributed by atoms with Crippen molar-refractivity contribution in [1.82, 2.24) is 18.7 Å². The van der Waals surface area contributed by atoms with Crippen molar-refractivity contribution in [2.45, 2.75) is 13.5 Å². The smallest absolute Gasteiger partial charge is 0.291 e. The Morgan fingerprint density at radius 1 is 1.12 bits per heavy atom. The van der Waals surface area contributed by atoms with Crippen molar-refractivity contribution < 1.29 is 0 Å². The monoisotopic (exact) mass is 224 g/mol. The van der Waals surface area contributed by atoms with Crippen molar-refractivity contribution in [2.75, 3.05) is 0 Å². The van der Waals surface area contributed by atoms with Gasteiger partial charge < -0.3 is 0 Å². The number of aryl methyl sites for hydroxylation is 2. The first-order valence-corrected chi connectivity index (χ1v) is 4.87. The maximum Gasteiger partial charge on any atom is 0.332 e. The lowest BCUT2D eigenvalue weighted by atomic mass is 10.5. The number of nitrogens with one attached hydrogen (secondary N) is 1. The van der Waals surface area contributed by atoms with Gasteiger partial charge in [0, 0.05) is 20.6 Å². The van der Waals surface area contributed by atoms with Crippen LogP contribution in [-0.2, 0) is 20.6 Å². The number of imidazole rings is 1. The minimum atomic E-state index is -0.460. The van der Waals surface area contributed by atoms with Gasteiger partial charge in [0.15, 0.2) is 5.52 Å². The third kappa shape index (κ3) is 1.11. The summed E-state index contributed by atoms with van der Waals surface area (Å²) in [5.74, 6) is 0. The fraction of sp³-hybridized carbons (Fsp3) is 0.444. The maximum atomic E-state index is 11.9. The van der Waals surface area contributed by atoms with Gasteiger partial charge in [0.25, 0.3) is 5.56 Å². The second-order valence-electron chi connectivity index (χ2n) is 3.58. The van der Waals surface area contributed by atoms with Gasteiger partial charge in [0.05, 0.1) is 0 Å². The number of fused-ring (bicyclic) bond motifs is 1. The summed E-state index contributed by atoms with van der Waals surface area (Å²) in [4.78, 5) is 37.5. The lowest BCUT2D eigenvalue weighted by Gasteiger charge is -2.03. The van der Waals surface area contributed by atoms with Gasteiger partial charge in [-0.25, -0.2) is 9.59 Å². The highest BCUT2D eigenvalue weighted by atomic mass is 16.2. The molecule has 0 fully saturated rings. The quantitative estimate of drug-likeness (QED) is 0.657. The van der Waals surface area contributed by atoms with Crippen LogP contribution in [0.5, 0.6) is 0 Å². The summed E-state index contributed by atoms with van der Waals surface area (Å²) in [5.41, 5.74) is -0.798. The zero-order chi connectivity index (χ0) is 12.0. The van der Waals surface area contributed by atoms with E-state index >= 15 is 0 Å². The molecule has 1 N–H and O–H groups in total. The predicted octanol–water partition coefficient (Wildman–Crippen LogP) is -1.25. The summed E-state index contributed by atoms with van der Waals surface area (Å²) in [6, 6.07) is 0. The van der Waals surface area contributed by atoms with E-state index in [0.29, 0.717) is 6.54 Å². The average Bonchev–Trinajstić information content (AvgIpc) is 2.60. The molecule has 0 aliphatic heterocycles. The van der Waals surface area contributed by atoms with Gasteiger partial charge >= 0.3 is 11.4 Å². The van der Waals surface area contributed by atoms with Gasteiger partial charge in [-0.2, -0.15) is 0 Å². The van der Waals surface area contributed by atoms with Crippen LogP contribution in [-0.4, -0.2) is 18.7 Å². The minimum absolute atomic E-state index is 0.233. The molecule has 7 heteroatoms. The highest BCUT2D eigenvalue weighted by Gasteiger charge is 2.14. The Kier molecular flexibility index (Phi) is 2.11. The summed E-state index contributed by atoms with van der Waals surface area (Å²) in [7, 11) is 2.90. The lowest BCUT2D eigenvalue weighted by Crippen LogP contribution is -2.37. The SMILES string of the molecule is CCn1c(=O)[nH]c2c1c(=O)n(C)c(=O)n2C. The Bertz CT molecular complexity index is 728. The second kappa shape index (κ2) is 3.22. The first-order valence-electron chi connectivity index (χ1n) is 4.87. The highest BCUT2D eigenvalue weighted by Crippen LogP contribution is 2.00. The summed E-state index contributed by atoms with van der Waals surface area (Å²) in [6.45, 7) is 2.14. The van der Waals surface area contributed by atoms with Gasteiger partial charge in [-0.1, -0.05) is 0 Å². The first kappa shape index (κ1) is 10.5. The molecular formula is C9H12N4O3. The van der Waals surface area contributed by atoms with Crippen molar-refractivity contribution in [3.8, 4) is 0 Å². The van der Waals surface area contributed by atoms with E-state index in [9.17, 15) is 14.4 Å². The largest absolute Gasteiger partial charge is 0.332 e. The van der Waals surface area contributed by atoms with E-state index < -0.39 is 11.2 Å². The number of aromatic amines is 1. The molecule has 16 heavy (non-hydrogen) atoms. The second-order valence-corrected chi connectivity index (χ2v) is 3.58. The number of rotatable bonds is 1. The van der Waals surface area contributed by atoms with E-state index in [1.165, 1.54) is 23.2 Å². The van der Waals surface area contributed by atoms with E-state index in [1.807, 2.05) is 0 Å². The molecule has 0 aliphatic carbocycles. The number of hydrogen-bond donors (Lipinski definition) is 1. The van der Waals surface area contributed by atoms with Crippen LogP contribution in [0.25, 0.3) is 11.2 Å². The molecule has 0 aliphatic rings. The number of aromatic nitrogens is 4. The van der Waals surface area contributed by atoms with Crippen LogP contribution in [0.15, 0.2) is 14.4 Å². The van der Waals surface area contributed by atoms with Gasteiger partial charge in [-0.3, -0.25) is 23.5 Å². The third-order valence-corrected chi connectivity index (χ3v) is 2.70. The van der Waals surface area contributed by atoms with Crippen LogP contribution < -0.4 is 16.9 Å². The van der Waals surface area contributed by atoms with Gasteiger partial charge in [-0.05, 0) is 6.92 Å². The Morgan fingerprint density at radius 2 is 1.75 bits per heavy atom. The van der Waals surface area contributed by atoms with Crippen LogP contribution in [0, 0.1) is 0 Å². The molecule has 2 aromatic heterocycles. The van der Waals surface area contributed by atoms with Crippen LogP contribution in [0.1, 0.15) is 6.92 Å². The molecule has 86 valence electrons. The zero-order valence-electron chi connectivity index (χ0n) is 9.27. The first-order chi connectivity index (χ1) is 7.49. The molecule has 0 atom stereocenters. The van der Waals surface area contributed by atoms with Crippen LogP contribution >= 0.6 is 0 Å². The molecular weight excluding hydrogens is 212 g/mol. The lowest BCUT2D eigenvalue weighted by molar-refractivity contribution is 0.697. The zero-order valence-corrected chi connectivity index (χ0v) is 9.27. The Balaban J connectivity index is 3.22. The molecule has 7 nitrogen and oxygen atoms in total. The molecule has 0 saturated carbocycles. The van der Waals surface area contributed by atoms with Crippen LogP contribution in [0.2, 0.25) is 0 Å². The van der Waals surface area contributed by atoms with Gasteiger partial charge in [0.2, 0.25) is 0 Å². The molecule has 0 amide bonds. The Morgan fingerprint density at radius 3 is 2.31 bits per heavy atom. The van der Waals surface area contributed by atoms with E-state index in [1.54, 1.807) is 6.92 Å². The molecule has 0 aromatic carbocycles. The summed E-state index contributed by atoms with van der Waals surface area (Å²) >= 11 is 0. The molecule has 2 heterocycles. The number of hydrogen-bond acceptors (Lipinski definition) is 3. The van der Waals surface area contributed by atoms with Gasteiger partial charge in [0.1, 0.15) is 5.65 Å². The molecule has 2 aromatic rings. The Hall–Kier alpha value is -2.05. The molecule has 0 saturated heterocycles. The predicted molar refractivity (Wildman–Crippen MR) is 58.7 cm³/mol. The van der Waals surface area contributed by atoms with E-state index in [2.05, 4.69) is 4.98 Å². The molecule has 0 radical (unpaired) electrons. The number of nitrogens with zero attached hydrogens (tertiary/aromatic N) is 3. The third-order valence-electron chi connectivity index (χ3n) is 2.70. The van der Waals surface area contributed by atoms with Crippen molar-refractivity contribution >= 4 is 11.2 Å². The van der Waals surface area contributed by atoms with Crippen molar-refractivity contribution in [3.63, 3.8) is 0 Å². The van der Waals surface area contributed by atoms with E-state index in [4.69, 9.17) is 0 Å². The van der Waals surface area contributed by atoms with Crippen molar-refractivity contribution in [1.29, 1.82) is 0 Å². The Labute approximate surface area is 89.6 Å². The van der Waals surface area contributed by atoms with Crippen molar-refractivity contribution in [2.24, 2.45) is 14.1 Å². The normalized spacial score (nSPS) is 11.2. The van der Waals surface area contributed by atoms with E-state index in [0.717, 1.165) is 4.57 Å². The molecule has 2 rings (SSSR count). The average molecular weight is 224 g/mol. The fourth-order valence-electron chi connectivity index (χ4n) is 1.78. The van der Waals surface area contributed by atoms with Crippen LogP contribution in [0.4, 0.5) is 0 Å². The van der Waals surface area contributed by atoms with E-state index in [-0.39, 0.29) is 16.9 Å². The molecule has 0 bridgehead atoms. The number of H-pyrrole nitrogens is 1. The van der Waals surface area contributed by atoms with Crippen molar-refractivity contribution in [3.05, 3.63) is 31.3 Å². The summed E-state index contributed by atoms with van der Waals surface area (Å²) in [5, 5.41) is 0. The summed E-state index contributed by atoms with van der Waals surface area (Å²) < 4.78 is 3.56. The van der Waals surface area contributed by atoms with Crippen LogP contribution in [0.3, 0.4) is 0 Å². The standard InChI is InChI=1S/C9H12N4O3/c1-4-13-5-6(10-8(13)15)11(2)9(16)12(3)7(5)14/h4H2,1-3H3,(H,10,15). The fourth-order valence-corrected chi connectivity index (χ4v) is 1.78. The maximum absolute atomic E-state index is 11.9. The van der Waals surface area contributed by atoms with Gasteiger partial charge in [-0.15, -0.1) is 0 Å². The molecule has 0 spiro atoms.